The Morgan fingerprint density at radius 3 is 1.48 bits per heavy atom. The van der Waals surface area contributed by atoms with Crippen LogP contribution in [0.15, 0.2) is 30.3 Å². The molecule has 5 heteroatoms. The molecule has 0 saturated heterocycles. The molecule has 0 aliphatic carbocycles. The van der Waals surface area contributed by atoms with Crippen molar-refractivity contribution in [1.29, 1.82) is 0 Å². The van der Waals surface area contributed by atoms with Crippen molar-refractivity contribution in [2.75, 3.05) is 13.2 Å². The molecule has 31 heavy (non-hydrogen) atoms. The van der Waals surface area contributed by atoms with Gasteiger partial charge in [-0.2, -0.15) is 0 Å². The van der Waals surface area contributed by atoms with E-state index in [0.29, 0.717) is 19.0 Å². The average molecular weight is 455 g/mol. The van der Waals surface area contributed by atoms with Crippen molar-refractivity contribution >= 4 is 7.82 Å². The lowest BCUT2D eigenvalue weighted by atomic mass is 9.79. The maximum absolute atomic E-state index is 13.8. The molecule has 0 amide bonds. The Hall–Kier alpha value is -0.830. The van der Waals surface area contributed by atoms with E-state index < -0.39 is 7.82 Å². The van der Waals surface area contributed by atoms with Gasteiger partial charge in [-0.3, -0.25) is 9.05 Å². The van der Waals surface area contributed by atoms with Crippen molar-refractivity contribution in [3.63, 3.8) is 0 Å². The third-order valence-electron chi connectivity index (χ3n) is 7.14. The van der Waals surface area contributed by atoms with E-state index in [2.05, 4.69) is 41.5 Å². The predicted molar refractivity (Wildman–Crippen MR) is 132 cm³/mol. The second-order valence-corrected chi connectivity index (χ2v) is 10.6. The Morgan fingerprint density at radius 2 is 1.13 bits per heavy atom. The summed E-state index contributed by atoms with van der Waals surface area (Å²) in [6, 6.07) is 9.24. The van der Waals surface area contributed by atoms with Gasteiger partial charge in [0, 0.05) is 0 Å². The molecule has 1 aromatic rings. The van der Waals surface area contributed by atoms with Crippen LogP contribution in [0, 0.1) is 10.8 Å². The van der Waals surface area contributed by atoms with E-state index >= 15 is 0 Å². The van der Waals surface area contributed by atoms with Crippen LogP contribution in [-0.4, -0.2) is 13.2 Å². The number of para-hydroxylation sites is 1. The van der Waals surface area contributed by atoms with Gasteiger partial charge in [-0.1, -0.05) is 85.4 Å². The Balaban J connectivity index is 3.04. The largest absolute Gasteiger partial charge is 0.530 e. The summed E-state index contributed by atoms with van der Waals surface area (Å²) in [6.07, 6.45) is 10.6. The van der Waals surface area contributed by atoms with Crippen molar-refractivity contribution in [1.82, 2.24) is 0 Å². The summed E-state index contributed by atoms with van der Waals surface area (Å²) in [7, 11) is -3.75. The minimum atomic E-state index is -3.75. The molecule has 0 aromatic heterocycles. The predicted octanol–water partition coefficient (Wildman–Crippen LogP) is 9.20. The Morgan fingerprint density at radius 1 is 0.710 bits per heavy atom. The summed E-state index contributed by atoms with van der Waals surface area (Å²) >= 11 is 0. The van der Waals surface area contributed by atoms with Crippen molar-refractivity contribution in [3.8, 4) is 5.75 Å². The van der Waals surface area contributed by atoms with E-state index in [9.17, 15) is 4.57 Å². The van der Waals surface area contributed by atoms with E-state index in [0.717, 1.165) is 64.2 Å². The first-order chi connectivity index (χ1) is 14.9. The highest BCUT2D eigenvalue weighted by molar-refractivity contribution is 7.48. The van der Waals surface area contributed by atoms with Crippen LogP contribution in [0.25, 0.3) is 0 Å². The van der Waals surface area contributed by atoms with Gasteiger partial charge in [0.1, 0.15) is 5.75 Å². The topological polar surface area (TPSA) is 44.8 Å². The number of benzene rings is 1. The van der Waals surface area contributed by atoms with Crippen LogP contribution < -0.4 is 4.52 Å². The number of phosphoric acid groups is 1. The normalized spacial score (nSPS) is 12.8. The van der Waals surface area contributed by atoms with Crippen LogP contribution in [0.4, 0.5) is 0 Å². The zero-order valence-electron chi connectivity index (χ0n) is 21.0. The molecule has 0 bridgehead atoms. The first-order valence-electron chi connectivity index (χ1n) is 12.5. The summed E-state index contributed by atoms with van der Waals surface area (Å²) in [5.74, 6) is 0.519. The molecule has 180 valence electrons. The van der Waals surface area contributed by atoms with Gasteiger partial charge in [-0.25, -0.2) is 4.57 Å². The fourth-order valence-electron chi connectivity index (χ4n) is 4.00. The number of phosphoric ester groups is 1. The standard InChI is InChI=1S/C26H47O4P/c1-7-13-20-25(9-3,10-4)22-28-31(27,30-24-18-16-15-17-19-24)29-23-26(11-5,12-6)21-14-8-2/h15-19H,7-14,20-23H2,1-6H3. The molecular formula is C26H47O4P. The fourth-order valence-corrected chi connectivity index (χ4v) is 5.42. The maximum Gasteiger partial charge on any atom is 0.530 e. The van der Waals surface area contributed by atoms with Crippen LogP contribution in [0.5, 0.6) is 5.75 Å². The summed E-state index contributed by atoms with van der Waals surface area (Å²) in [6.45, 7) is 14.0. The van der Waals surface area contributed by atoms with Crippen molar-refractivity contribution < 1.29 is 18.1 Å². The maximum atomic E-state index is 13.8. The van der Waals surface area contributed by atoms with Crippen LogP contribution in [0.2, 0.25) is 0 Å². The minimum absolute atomic E-state index is 0.00386. The van der Waals surface area contributed by atoms with Crippen molar-refractivity contribution in [3.05, 3.63) is 30.3 Å². The molecular weight excluding hydrogens is 407 g/mol. The Kier molecular flexibility index (Phi) is 13.1. The summed E-state index contributed by atoms with van der Waals surface area (Å²) in [5.41, 5.74) is 0.00772. The Bertz CT molecular complexity index is 592. The molecule has 0 heterocycles. The molecule has 0 radical (unpaired) electrons. The molecule has 0 atom stereocenters. The van der Waals surface area contributed by atoms with E-state index in [4.69, 9.17) is 13.6 Å². The second kappa shape index (κ2) is 14.3. The highest BCUT2D eigenvalue weighted by atomic mass is 31.2. The molecule has 0 N–H and O–H groups in total. The second-order valence-electron chi connectivity index (χ2n) is 9.02. The lowest BCUT2D eigenvalue weighted by Crippen LogP contribution is -2.28. The van der Waals surface area contributed by atoms with E-state index in [1.807, 2.05) is 18.2 Å². The molecule has 0 spiro atoms. The summed E-state index contributed by atoms with van der Waals surface area (Å²) < 4.78 is 31.9. The number of hydrogen-bond acceptors (Lipinski definition) is 4. The number of rotatable bonds is 18. The van der Waals surface area contributed by atoms with Crippen LogP contribution in [0.1, 0.15) is 106 Å². The third kappa shape index (κ3) is 9.28. The van der Waals surface area contributed by atoms with Crippen LogP contribution in [-0.2, 0) is 13.6 Å². The number of hydrogen-bond donors (Lipinski definition) is 0. The Labute approximate surface area is 192 Å². The van der Waals surface area contributed by atoms with E-state index in [1.54, 1.807) is 12.1 Å². The SMILES string of the molecule is CCCCC(CC)(CC)COP(=O)(OCC(CC)(CC)CCCC)Oc1ccccc1. The van der Waals surface area contributed by atoms with Gasteiger partial charge in [-0.15, -0.1) is 0 Å². The van der Waals surface area contributed by atoms with Crippen LogP contribution >= 0.6 is 7.82 Å². The minimum Gasteiger partial charge on any atom is -0.404 e. The molecule has 1 rings (SSSR count). The first-order valence-corrected chi connectivity index (χ1v) is 14.0. The number of unbranched alkanes of at least 4 members (excludes halogenated alkanes) is 2. The highest BCUT2D eigenvalue weighted by Crippen LogP contribution is 2.53. The first kappa shape index (κ1) is 28.2. The van der Waals surface area contributed by atoms with Gasteiger partial charge in [0.25, 0.3) is 0 Å². The average Bonchev–Trinajstić information content (AvgIpc) is 2.81. The quantitative estimate of drug-likeness (QED) is 0.207. The van der Waals surface area contributed by atoms with E-state index in [-0.39, 0.29) is 10.8 Å². The molecule has 0 unspecified atom stereocenters. The molecule has 4 nitrogen and oxygen atoms in total. The summed E-state index contributed by atoms with van der Waals surface area (Å²) in [5, 5.41) is 0. The molecule has 0 saturated carbocycles. The van der Waals surface area contributed by atoms with Gasteiger partial charge in [0.05, 0.1) is 13.2 Å². The highest BCUT2D eigenvalue weighted by Gasteiger charge is 2.37. The fraction of sp³-hybridized carbons (Fsp3) is 0.769. The van der Waals surface area contributed by atoms with Crippen molar-refractivity contribution in [2.24, 2.45) is 10.8 Å². The van der Waals surface area contributed by atoms with Gasteiger partial charge in [0.15, 0.2) is 0 Å². The smallest absolute Gasteiger partial charge is 0.404 e. The molecule has 0 fully saturated rings. The van der Waals surface area contributed by atoms with Crippen molar-refractivity contribution in [2.45, 2.75) is 106 Å². The molecule has 0 aliphatic heterocycles. The van der Waals surface area contributed by atoms with Gasteiger partial charge >= 0.3 is 7.82 Å². The van der Waals surface area contributed by atoms with Crippen LogP contribution in [0.3, 0.4) is 0 Å². The lowest BCUT2D eigenvalue weighted by Gasteiger charge is -2.35. The van der Waals surface area contributed by atoms with Gasteiger partial charge < -0.3 is 4.52 Å². The zero-order chi connectivity index (χ0) is 23.2. The van der Waals surface area contributed by atoms with Gasteiger partial charge in [-0.05, 0) is 61.5 Å². The monoisotopic (exact) mass is 454 g/mol. The molecule has 0 aliphatic rings. The molecule has 1 aromatic carbocycles. The zero-order valence-corrected chi connectivity index (χ0v) is 21.8. The van der Waals surface area contributed by atoms with E-state index in [1.165, 1.54) is 0 Å². The third-order valence-corrected chi connectivity index (χ3v) is 8.46. The summed E-state index contributed by atoms with van der Waals surface area (Å²) in [4.78, 5) is 0. The van der Waals surface area contributed by atoms with Gasteiger partial charge in [0.2, 0.25) is 0 Å². The lowest BCUT2D eigenvalue weighted by molar-refractivity contribution is 0.0487.